The number of para-hydroxylation sites is 2. The van der Waals surface area contributed by atoms with Crippen LogP contribution in [0.2, 0.25) is 6.04 Å². The normalized spacial score (nSPS) is 22.7. The third kappa shape index (κ3) is 10.8. The molecule has 4 aliphatic rings. The van der Waals surface area contributed by atoms with Crippen molar-refractivity contribution < 1.29 is 22.6 Å². The zero-order valence-corrected chi connectivity index (χ0v) is 41.1. The van der Waals surface area contributed by atoms with Crippen LogP contribution in [-0.4, -0.2) is 88.5 Å². The summed E-state index contributed by atoms with van der Waals surface area (Å²) in [5.74, 6) is 1.27. The van der Waals surface area contributed by atoms with Crippen LogP contribution < -0.4 is 10.2 Å². The summed E-state index contributed by atoms with van der Waals surface area (Å²) >= 11 is 0. The van der Waals surface area contributed by atoms with Crippen molar-refractivity contribution in [3.05, 3.63) is 95.2 Å². The smallest absolute Gasteiger partial charge is 0.374 e. The molecule has 3 heterocycles. The van der Waals surface area contributed by atoms with E-state index in [9.17, 15) is 4.79 Å². The van der Waals surface area contributed by atoms with Crippen LogP contribution in [0.5, 0.6) is 0 Å². The number of likely N-dealkylation sites (tertiary alicyclic amines) is 1. The minimum Gasteiger partial charge on any atom is -0.374 e. The first-order valence-corrected chi connectivity index (χ1v) is 26.5. The number of rotatable bonds is 22. The SMILES string of the molecule is CCCN1C(=CC=C2CCC(C=CC3=[N+](CCC)c4ccccc4C3(C)C)C2N2CCC(CCCC(=O)NCCC[Si](OCC)(OCC)OCC)CC2)C(C)(C)c2ccccc21. The van der Waals surface area contributed by atoms with Gasteiger partial charge in [-0.15, -0.1) is 0 Å². The fourth-order valence-corrected chi connectivity index (χ4v) is 13.7. The molecule has 1 amide bonds. The second-order valence-electron chi connectivity index (χ2n) is 19.1. The predicted molar refractivity (Wildman–Crippen MR) is 260 cm³/mol. The Kier molecular flexibility index (Phi) is 17.1. The second kappa shape index (κ2) is 22.0. The molecule has 2 unspecified atom stereocenters. The largest absolute Gasteiger partial charge is 0.500 e. The van der Waals surface area contributed by atoms with Crippen molar-refractivity contribution in [2.75, 3.05) is 57.4 Å². The van der Waals surface area contributed by atoms with Gasteiger partial charge in [0.25, 0.3) is 0 Å². The van der Waals surface area contributed by atoms with E-state index in [0.717, 1.165) is 70.7 Å². The number of carbonyl (C=O) groups excluding carboxylic acids is 1. The molecule has 2 aromatic carbocycles. The molecule has 3 aliphatic heterocycles. The number of benzene rings is 2. The molecule has 9 heteroatoms. The molecule has 2 atom stereocenters. The number of fused-ring (bicyclic) bond motifs is 2. The number of nitrogens with zero attached hydrogens (tertiary/aromatic N) is 3. The molecule has 6 rings (SSSR count). The number of nitrogens with one attached hydrogen (secondary N) is 1. The second-order valence-corrected chi connectivity index (χ2v) is 21.8. The highest BCUT2D eigenvalue weighted by molar-refractivity contribution is 6.60. The van der Waals surface area contributed by atoms with Crippen LogP contribution in [0.4, 0.5) is 11.4 Å². The van der Waals surface area contributed by atoms with Crippen LogP contribution >= 0.6 is 0 Å². The highest BCUT2D eigenvalue weighted by atomic mass is 28.4. The van der Waals surface area contributed by atoms with Gasteiger partial charge in [-0.3, -0.25) is 9.69 Å². The maximum Gasteiger partial charge on any atom is 0.500 e. The molecule has 0 aromatic heterocycles. The maximum absolute atomic E-state index is 12.9. The summed E-state index contributed by atoms with van der Waals surface area (Å²) in [7, 11) is -2.68. The standard InChI is InChI=1S/C53H80N4O4Si/c1-10-36-56-46-24-17-15-22-44(46)52(6,7)48(56)31-29-42-27-28-43(30-32-49-53(8,9)45-23-16-18-25-47(45)57(49)37-11-2)51(42)55-38-33-41(34-39-55)21-19-26-50(58)54-35-20-40-62(59-12-3,60-13-4)61-14-5/h15-18,22-25,29-32,41-42,51H,10-14,19-21,26-28,33-40H2,1-9H3/p+1. The Bertz CT molecular complexity index is 1910. The minimum atomic E-state index is -2.68. The Morgan fingerprint density at radius 2 is 1.52 bits per heavy atom. The topological polar surface area (TPSA) is 66.3 Å². The van der Waals surface area contributed by atoms with E-state index < -0.39 is 8.80 Å². The van der Waals surface area contributed by atoms with Crippen LogP contribution in [-0.2, 0) is 28.9 Å². The Balaban J connectivity index is 1.14. The highest BCUT2D eigenvalue weighted by Crippen LogP contribution is 2.48. The average Bonchev–Trinajstić information content (AvgIpc) is 3.83. The molecule has 0 radical (unpaired) electrons. The summed E-state index contributed by atoms with van der Waals surface area (Å²) in [6.07, 6.45) is 20.5. The van der Waals surface area contributed by atoms with Gasteiger partial charge in [-0.2, -0.15) is 4.58 Å². The lowest BCUT2D eigenvalue weighted by Crippen LogP contribution is -2.46. The fraction of sp³-hybridized carbons (Fsp3) is 0.623. The van der Waals surface area contributed by atoms with Crippen LogP contribution in [0, 0.1) is 11.8 Å². The van der Waals surface area contributed by atoms with Gasteiger partial charge >= 0.3 is 8.80 Å². The summed E-state index contributed by atoms with van der Waals surface area (Å²) in [5.41, 5.74) is 9.95. The third-order valence-corrected chi connectivity index (χ3v) is 17.3. The Morgan fingerprint density at radius 1 is 0.839 bits per heavy atom. The molecule has 0 bridgehead atoms. The summed E-state index contributed by atoms with van der Waals surface area (Å²) in [5, 5.41) is 3.16. The lowest BCUT2D eigenvalue weighted by Gasteiger charge is -2.39. The molecule has 340 valence electrons. The van der Waals surface area contributed by atoms with Crippen LogP contribution in [0.1, 0.15) is 138 Å². The number of amides is 1. The van der Waals surface area contributed by atoms with Gasteiger partial charge in [0, 0.05) is 92.3 Å². The molecule has 1 saturated heterocycles. The van der Waals surface area contributed by atoms with Gasteiger partial charge in [0.15, 0.2) is 5.71 Å². The van der Waals surface area contributed by atoms with Gasteiger partial charge in [-0.1, -0.05) is 81.8 Å². The van der Waals surface area contributed by atoms with E-state index in [0.29, 0.717) is 50.7 Å². The lowest BCUT2D eigenvalue weighted by molar-refractivity contribution is -0.437. The number of piperidine rings is 1. The van der Waals surface area contributed by atoms with Gasteiger partial charge in [-0.25, -0.2) is 0 Å². The summed E-state index contributed by atoms with van der Waals surface area (Å²) < 4.78 is 20.6. The molecule has 2 aromatic rings. The zero-order chi connectivity index (χ0) is 44.3. The van der Waals surface area contributed by atoms with Crippen molar-refractivity contribution in [1.82, 2.24) is 10.2 Å². The number of hydrogen-bond acceptors (Lipinski definition) is 6. The first kappa shape index (κ1) is 48.1. The van der Waals surface area contributed by atoms with Gasteiger partial charge in [0.05, 0.1) is 5.41 Å². The van der Waals surface area contributed by atoms with Crippen LogP contribution in [0.25, 0.3) is 0 Å². The van der Waals surface area contributed by atoms with E-state index in [-0.39, 0.29) is 16.7 Å². The van der Waals surface area contributed by atoms with Crippen molar-refractivity contribution in [2.24, 2.45) is 11.8 Å². The maximum atomic E-state index is 12.9. The van der Waals surface area contributed by atoms with Crippen LogP contribution in [0.15, 0.2) is 84.1 Å². The summed E-state index contributed by atoms with van der Waals surface area (Å²) in [6, 6.07) is 19.2. The quantitative estimate of drug-likeness (QED) is 0.0723. The van der Waals surface area contributed by atoms with Gasteiger partial charge < -0.3 is 23.5 Å². The van der Waals surface area contributed by atoms with Crippen molar-refractivity contribution in [3.63, 3.8) is 0 Å². The van der Waals surface area contributed by atoms with Crippen molar-refractivity contribution in [3.8, 4) is 0 Å². The Labute approximate surface area is 377 Å². The Hall–Kier alpha value is -3.34. The lowest BCUT2D eigenvalue weighted by atomic mass is 9.81. The summed E-state index contributed by atoms with van der Waals surface area (Å²) in [4.78, 5) is 18.3. The zero-order valence-electron chi connectivity index (χ0n) is 40.1. The first-order chi connectivity index (χ1) is 29.9. The fourth-order valence-electron chi connectivity index (χ4n) is 11.1. The molecule has 8 nitrogen and oxygen atoms in total. The number of carbonyl (C=O) groups is 1. The summed E-state index contributed by atoms with van der Waals surface area (Å²) in [6.45, 7) is 26.8. The first-order valence-electron chi connectivity index (χ1n) is 24.6. The van der Waals surface area contributed by atoms with Gasteiger partial charge in [0.1, 0.15) is 6.54 Å². The molecule has 1 aliphatic carbocycles. The van der Waals surface area contributed by atoms with Crippen molar-refractivity contribution >= 4 is 31.8 Å². The van der Waals surface area contributed by atoms with E-state index in [4.69, 9.17) is 13.3 Å². The van der Waals surface area contributed by atoms with E-state index >= 15 is 0 Å². The molecular formula is C53H81N4O4Si+. The minimum absolute atomic E-state index is 0.0370. The molecule has 2 fully saturated rings. The number of allylic oxidation sites excluding steroid dienone is 4. The van der Waals surface area contributed by atoms with Crippen molar-refractivity contribution in [1.29, 1.82) is 0 Å². The molecule has 1 saturated carbocycles. The highest BCUT2D eigenvalue weighted by Gasteiger charge is 2.45. The van der Waals surface area contributed by atoms with Crippen molar-refractivity contribution in [2.45, 2.75) is 149 Å². The number of anilines is 1. The van der Waals surface area contributed by atoms with Crippen LogP contribution in [0.3, 0.4) is 0 Å². The average molecular weight is 866 g/mol. The number of hydrogen-bond donors (Lipinski definition) is 1. The van der Waals surface area contributed by atoms with E-state index in [1.165, 1.54) is 53.2 Å². The molecule has 0 spiro atoms. The van der Waals surface area contributed by atoms with Gasteiger partial charge in [0.2, 0.25) is 11.6 Å². The Morgan fingerprint density at radius 3 is 2.19 bits per heavy atom. The van der Waals surface area contributed by atoms with E-state index in [1.54, 1.807) is 5.57 Å². The molecule has 62 heavy (non-hydrogen) atoms. The third-order valence-electron chi connectivity index (χ3n) is 14.1. The van der Waals surface area contributed by atoms with E-state index in [2.05, 4.69) is 134 Å². The monoisotopic (exact) mass is 866 g/mol. The predicted octanol–water partition coefficient (Wildman–Crippen LogP) is 11.3. The molecule has 1 N–H and O–H groups in total. The van der Waals surface area contributed by atoms with E-state index in [1.807, 2.05) is 20.8 Å². The molecular weight excluding hydrogens is 785 g/mol. The van der Waals surface area contributed by atoms with Gasteiger partial charge in [-0.05, 0) is 129 Å².